The molecule has 7 atom stereocenters. The second-order valence-electron chi connectivity index (χ2n) is 11.3. The molecule has 39 heavy (non-hydrogen) atoms. The summed E-state index contributed by atoms with van der Waals surface area (Å²) in [6, 6.07) is -1.14. The Morgan fingerprint density at radius 1 is 1.08 bits per heavy atom. The van der Waals surface area contributed by atoms with Gasteiger partial charge in [0.15, 0.2) is 0 Å². The lowest BCUT2D eigenvalue weighted by molar-refractivity contribution is -0.145. The number of ketones is 1. The molecule has 3 N–H and O–H groups in total. The number of Topliss-reactive ketones (excluding diaryl/α,β-unsaturated/α-hetero) is 1. The van der Waals surface area contributed by atoms with Gasteiger partial charge in [0.2, 0.25) is 17.7 Å². The fourth-order valence-electron chi connectivity index (χ4n) is 5.76. The van der Waals surface area contributed by atoms with Crippen LogP contribution in [0.5, 0.6) is 0 Å². The zero-order valence-electron chi connectivity index (χ0n) is 25.7. The van der Waals surface area contributed by atoms with E-state index in [0.717, 1.165) is 19.3 Å². The zero-order valence-corrected chi connectivity index (χ0v) is 25.7. The molecular formula is C28H53N5O6. The highest BCUT2D eigenvalue weighted by Gasteiger charge is 2.41. The molecule has 0 spiro atoms. The Bertz CT molecular complexity index is 814. The summed E-state index contributed by atoms with van der Waals surface area (Å²) in [6.45, 7) is 11.6. The molecule has 11 nitrogen and oxygen atoms in total. The van der Waals surface area contributed by atoms with Crippen molar-refractivity contribution in [3.05, 3.63) is 0 Å². The molecule has 0 bridgehead atoms. The number of nitrogens with two attached hydrogens (primary N) is 1. The lowest BCUT2D eigenvalue weighted by atomic mass is 9.90. The van der Waals surface area contributed by atoms with Gasteiger partial charge in [0, 0.05) is 40.8 Å². The first-order valence-corrected chi connectivity index (χ1v) is 14.1. The molecule has 11 heteroatoms. The standard InChI is InChI=1S/C28H53N5O6/c1-11-18(4)26(31(7)24(36)16-30-28(37)25(17(2)3)32(8)29)22(38-9)15-23(35)33-14-12-13-21(33)27(39-10)19(5)20(6)34/h17-19,21-22,25-27H,11-16,29H2,1-10H3,(H,30,37). The minimum atomic E-state index is -0.562. The van der Waals surface area contributed by atoms with Crippen LogP contribution < -0.4 is 11.2 Å². The molecule has 0 aliphatic carbocycles. The molecule has 0 aromatic carbocycles. The van der Waals surface area contributed by atoms with Crippen molar-refractivity contribution >= 4 is 23.5 Å². The van der Waals surface area contributed by atoms with Gasteiger partial charge >= 0.3 is 0 Å². The maximum absolute atomic E-state index is 13.6. The largest absolute Gasteiger partial charge is 0.379 e. The summed E-state index contributed by atoms with van der Waals surface area (Å²) in [4.78, 5) is 55.0. The van der Waals surface area contributed by atoms with E-state index in [9.17, 15) is 19.2 Å². The van der Waals surface area contributed by atoms with Crippen LogP contribution in [0.1, 0.15) is 67.2 Å². The van der Waals surface area contributed by atoms with Gasteiger partial charge in [-0.05, 0) is 31.6 Å². The first-order chi connectivity index (χ1) is 18.2. The number of hydrogen-bond acceptors (Lipinski definition) is 8. The van der Waals surface area contributed by atoms with Crippen molar-refractivity contribution in [2.24, 2.45) is 23.6 Å². The van der Waals surface area contributed by atoms with Crippen LogP contribution in [0, 0.1) is 17.8 Å². The predicted octanol–water partition coefficient (Wildman–Crippen LogP) is 1.44. The SMILES string of the molecule is CCC(C)C(C(CC(=O)N1CCCC1C(OC)C(C)C(C)=O)OC)N(C)C(=O)CNC(=O)C(C(C)C)N(C)N. The van der Waals surface area contributed by atoms with E-state index in [0.29, 0.717) is 6.54 Å². The number of carbonyl (C=O) groups is 4. The summed E-state index contributed by atoms with van der Waals surface area (Å²) in [5.74, 6) is 4.85. The normalized spacial score (nSPS) is 20.3. The Morgan fingerprint density at radius 2 is 1.69 bits per heavy atom. The van der Waals surface area contributed by atoms with Crippen LogP contribution in [0.25, 0.3) is 0 Å². The summed E-state index contributed by atoms with van der Waals surface area (Å²) >= 11 is 0. The van der Waals surface area contributed by atoms with E-state index in [-0.39, 0.29) is 72.4 Å². The molecule has 3 amide bonds. The number of rotatable bonds is 16. The Kier molecular flexibility index (Phi) is 14.6. The highest BCUT2D eigenvalue weighted by molar-refractivity contribution is 5.87. The van der Waals surface area contributed by atoms with E-state index in [1.54, 1.807) is 40.1 Å². The van der Waals surface area contributed by atoms with Gasteiger partial charge in [0.1, 0.15) is 11.8 Å². The monoisotopic (exact) mass is 555 g/mol. The number of nitrogens with zero attached hydrogens (tertiary/aromatic N) is 3. The van der Waals surface area contributed by atoms with Crippen molar-refractivity contribution in [3.63, 3.8) is 0 Å². The van der Waals surface area contributed by atoms with Gasteiger partial charge in [-0.1, -0.05) is 41.0 Å². The third-order valence-corrected chi connectivity index (χ3v) is 8.28. The van der Waals surface area contributed by atoms with Gasteiger partial charge in [-0.3, -0.25) is 25.0 Å². The Balaban J connectivity index is 3.04. The first kappa shape index (κ1) is 34.9. The molecule has 1 aliphatic rings. The lowest BCUT2D eigenvalue weighted by Crippen LogP contribution is -2.56. The van der Waals surface area contributed by atoms with Crippen molar-refractivity contribution in [1.82, 2.24) is 20.1 Å². The van der Waals surface area contributed by atoms with Crippen LogP contribution in [0.15, 0.2) is 0 Å². The topological polar surface area (TPSA) is 135 Å². The zero-order chi connectivity index (χ0) is 30.0. The third kappa shape index (κ3) is 9.23. The van der Waals surface area contributed by atoms with Crippen LogP contribution in [-0.2, 0) is 28.7 Å². The highest BCUT2D eigenvalue weighted by atomic mass is 16.5. The van der Waals surface area contributed by atoms with E-state index in [2.05, 4.69) is 5.32 Å². The van der Waals surface area contributed by atoms with E-state index in [4.69, 9.17) is 15.3 Å². The van der Waals surface area contributed by atoms with Gasteiger partial charge in [-0.25, -0.2) is 5.01 Å². The summed E-state index contributed by atoms with van der Waals surface area (Å²) in [5, 5.41) is 4.06. The van der Waals surface area contributed by atoms with Crippen LogP contribution in [0.4, 0.5) is 0 Å². The van der Waals surface area contributed by atoms with Gasteiger partial charge in [0.05, 0.1) is 37.3 Å². The lowest BCUT2D eigenvalue weighted by Gasteiger charge is -2.39. The number of likely N-dealkylation sites (tertiary alicyclic amines) is 1. The van der Waals surface area contributed by atoms with Crippen molar-refractivity contribution in [2.75, 3.05) is 41.4 Å². The molecule has 0 aromatic rings. The van der Waals surface area contributed by atoms with Crippen LogP contribution >= 0.6 is 0 Å². The molecule has 0 radical (unpaired) electrons. The molecular weight excluding hydrogens is 502 g/mol. The number of carbonyl (C=O) groups excluding carboxylic acids is 4. The average molecular weight is 556 g/mol. The van der Waals surface area contributed by atoms with Gasteiger partial charge in [-0.15, -0.1) is 0 Å². The Hall–Kier alpha value is -2.08. The van der Waals surface area contributed by atoms with Crippen LogP contribution in [0.3, 0.4) is 0 Å². The number of amides is 3. The smallest absolute Gasteiger partial charge is 0.242 e. The molecule has 226 valence electrons. The maximum Gasteiger partial charge on any atom is 0.242 e. The van der Waals surface area contributed by atoms with Crippen molar-refractivity contribution in [3.8, 4) is 0 Å². The number of hydrogen-bond donors (Lipinski definition) is 2. The van der Waals surface area contributed by atoms with E-state index in [1.807, 2.05) is 39.5 Å². The van der Waals surface area contributed by atoms with Crippen molar-refractivity contribution < 1.29 is 28.7 Å². The fourth-order valence-corrected chi connectivity index (χ4v) is 5.76. The molecule has 1 aliphatic heterocycles. The quantitative estimate of drug-likeness (QED) is 0.216. The number of methoxy groups -OCH3 is 2. The summed E-state index contributed by atoms with van der Waals surface area (Å²) in [5.41, 5.74) is 0. The number of hydrazine groups is 1. The number of nitrogens with one attached hydrogen (secondary N) is 1. The fraction of sp³-hybridized carbons (Fsp3) is 0.857. The molecule has 0 aromatic heterocycles. The van der Waals surface area contributed by atoms with Crippen LogP contribution in [0.2, 0.25) is 0 Å². The molecule has 0 saturated carbocycles. The first-order valence-electron chi connectivity index (χ1n) is 14.1. The summed E-state index contributed by atoms with van der Waals surface area (Å²) < 4.78 is 11.5. The highest BCUT2D eigenvalue weighted by Crippen LogP contribution is 2.29. The molecule has 1 heterocycles. The van der Waals surface area contributed by atoms with Crippen molar-refractivity contribution in [1.29, 1.82) is 0 Å². The predicted molar refractivity (Wildman–Crippen MR) is 150 cm³/mol. The molecule has 1 saturated heterocycles. The van der Waals surface area contributed by atoms with Gasteiger partial charge in [0.25, 0.3) is 0 Å². The maximum atomic E-state index is 13.6. The van der Waals surface area contributed by atoms with Crippen LogP contribution in [-0.4, -0.2) is 110 Å². The Morgan fingerprint density at radius 3 is 2.15 bits per heavy atom. The molecule has 1 rings (SSSR count). The average Bonchev–Trinajstić information content (AvgIpc) is 3.35. The molecule has 1 fully saturated rings. The number of ether oxygens (including phenoxy) is 2. The van der Waals surface area contributed by atoms with E-state index < -0.39 is 12.1 Å². The second-order valence-corrected chi connectivity index (χ2v) is 11.3. The third-order valence-electron chi connectivity index (χ3n) is 8.28. The van der Waals surface area contributed by atoms with Gasteiger partial charge < -0.3 is 24.6 Å². The Labute approximate surface area is 235 Å². The summed E-state index contributed by atoms with van der Waals surface area (Å²) in [7, 11) is 6.44. The summed E-state index contributed by atoms with van der Waals surface area (Å²) in [6.07, 6.45) is 1.52. The van der Waals surface area contributed by atoms with E-state index >= 15 is 0 Å². The molecule has 7 unspecified atom stereocenters. The second kappa shape index (κ2) is 16.2. The minimum absolute atomic E-state index is 0.0257. The minimum Gasteiger partial charge on any atom is -0.379 e. The van der Waals surface area contributed by atoms with E-state index in [1.165, 1.54) is 5.01 Å². The number of likely N-dealkylation sites (N-methyl/N-ethyl adjacent to an activating group) is 2. The van der Waals surface area contributed by atoms with Crippen molar-refractivity contribution in [2.45, 2.75) is 97.6 Å². The van der Waals surface area contributed by atoms with Gasteiger partial charge in [-0.2, -0.15) is 0 Å².